The van der Waals surface area contributed by atoms with Crippen molar-refractivity contribution in [2.75, 3.05) is 12.3 Å². The normalized spacial score (nSPS) is 12.5. The number of rotatable bonds is 6. The van der Waals surface area contributed by atoms with Gasteiger partial charge in [0.05, 0.1) is 36.8 Å². The minimum absolute atomic E-state index is 0.197. The molecule has 4 aromatic rings. The van der Waals surface area contributed by atoms with E-state index in [1.165, 1.54) is 6.20 Å². The van der Waals surface area contributed by atoms with Gasteiger partial charge in [-0.3, -0.25) is 9.20 Å². The van der Waals surface area contributed by atoms with Crippen molar-refractivity contribution in [2.24, 2.45) is 7.05 Å². The van der Waals surface area contributed by atoms with Crippen LogP contribution in [0.15, 0.2) is 35.3 Å². The molecule has 29 heavy (non-hydrogen) atoms. The molecule has 0 saturated heterocycles. The average Bonchev–Trinajstić information content (AvgIpc) is 3.25. The van der Waals surface area contributed by atoms with Crippen LogP contribution in [0.2, 0.25) is 0 Å². The van der Waals surface area contributed by atoms with Gasteiger partial charge in [-0.05, 0) is 40.5 Å². The van der Waals surface area contributed by atoms with E-state index in [0.29, 0.717) is 40.4 Å². The van der Waals surface area contributed by atoms with Crippen molar-refractivity contribution < 1.29 is 9.53 Å². The molecule has 4 rings (SSSR count). The predicted molar refractivity (Wildman–Crippen MR) is 110 cm³/mol. The summed E-state index contributed by atoms with van der Waals surface area (Å²) in [6.07, 6.45) is 4.81. The number of imidazole rings is 1. The second-order valence-electron chi connectivity index (χ2n) is 6.74. The molecular formula is C18H19BrN8O2. The molecule has 1 aromatic carbocycles. The van der Waals surface area contributed by atoms with Crippen molar-refractivity contribution in [3.63, 3.8) is 0 Å². The van der Waals surface area contributed by atoms with Crippen molar-refractivity contribution in [3.05, 3.63) is 46.6 Å². The molecule has 11 heteroatoms. The van der Waals surface area contributed by atoms with Gasteiger partial charge in [0, 0.05) is 19.3 Å². The van der Waals surface area contributed by atoms with E-state index >= 15 is 0 Å². The SMILES string of the molecule is CC(COCc1cc(N)c2nnn(C)c2c1)NC(=O)c1cnc2cnc(Br)cn12. The van der Waals surface area contributed by atoms with E-state index < -0.39 is 0 Å². The highest BCUT2D eigenvalue weighted by Gasteiger charge is 2.15. The standard InChI is InChI=1S/C18H19BrN8O2/c1-10(23-18(28)14-5-22-16-6-21-15(19)7-27(14)16)8-29-9-11-3-12(20)17-13(4-11)26(2)25-24-17/h3-7,10H,8-9,20H2,1-2H3,(H,23,28). The Kier molecular flexibility index (Phi) is 5.16. The van der Waals surface area contributed by atoms with Crippen molar-refractivity contribution in [2.45, 2.75) is 19.6 Å². The summed E-state index contributed by atoms with van der Waals surface area (Å²) in [7, 11) is 1.81. The van der Waals surface area contributed by atoms with Crippen LogP contribution in [0.5, 0.6) is 0 Å². The van der Waals surface area contributed by atoms with E-state index in [2.05, 4.69) is 41.5 Å². The van der Waals surface area contributed by atoms with Crippen LogP contribution >= 0.6 is 15.9 Å². The molecule has 0 aliphatic carbocycles. The molecule has 0 bridgehead atoms. The molecule has 0 aliphatic heterocycles. The Balaban J connectivity index is 1.36. The molecule has 3 aromatic heterocycles. The number of hydrogen-bond donors (Lipinski definition) is 2. The fourth-order valence-corrected chi connectivity index (χ4v) is 3.33. The molecule has 1 atom stereocenters. The lowest BCUT2D eigenvalue weighted by Gasteiger charge is -2.14. The maximum Gasteiger partial charge on any atom is 0.270 e. The molecular weight excluding hydrogens is 440 g/mol. The van der Waals surface area contributed by atoms with Crippen LogP contribution in [-0.4, -0.2) is 47.9 Å². The summed E-state index contributed by atoms with van der Waals surface area (Å²) in [5.74, 6) is -0.238. The van der Waals surface area contributed by atoms with E-state index in [1.54, 1.807) is 21.5 Å². The van der Waals surface area contributed by atoms with Gasteiger partial charge in [-0.25, -0.2) is 14.6 Å². The summed E-state index contributed by atoms with van der Waals surface area (Å²) in [6.45, 7) is 2.58. The number of nitrogen functional groups attached to an aromatic ring is 1. The number of fused-ring (bicyclic) bond motifs is 2. The number of aromatic nitrogens is 6. The number of halogens is 1. The van der Waals surface area contributed by atoms with Crippen molar-refractivity contribution in [1.29, 1.82) is 0 Å². The van der Waals surface area contributed by atoms with Gasteiger partial charge in [-0.2, -0.15) is 0 Å². The van der Waals surface area contributed by atoms with Crippen LogP contribution in [0, 0.1) is 0 Å². The first-order valence-corrected chi connectivity index (χ1v) is 9.66. The molecule has 0 saturated carbocycles. The molecule has 150 valence electrons. The summed E-state index contributed by atoms with van der Waals surface area (Å²) in [6, 6.07) is 3.57. The molecule has 10 nitrogen and oxygen atoms in total. The van der Waals surface area contributed by atoms with Gasteiger partial charge in [0.15, 0.2) is 5.65 Å². The highest BCUT2D eigenvalue weighted by atomic mass is 79.9. The Labute approximate surface area is 174 Å². The quantitative estimate of drug-likeness (QED) is 0.421. The maximum absolute atomic E-state index is 12.6. The predicted octanol–water partition coefficient (Wildman–Crippen LogP) is 1.69. The van der Waals surface area contributed by atoms with E-state index in [1.807, 2.05) is 26.1 Å². The highest BCUT2D eigenvalue weighted by molar-refractivity contribution is 9.10. The first-order chi connectivity index (χ1) is 13.9. The summed E-state index contributed by atoms with van der Waals surface area (Å²) in [5, 5.41) is 10.9. The lowest BCUT2D eigenvalue weighted by atomic mass is 10.2. The molecule has 0 aliphatic rings. The zero-order chi connectivity index (χ0) is 20.5. The summed E-state index contributed by atoms with van der Waals surface area (Å²) < 4.78 is 9.73. The number of amides is 1. The maximum atomic E-state index is 12.6. The number of carbonyl (C=O) groups is 1. The Morgan fingerprint density at radius 2 is 2.17 bits per heavy atom. The van der Waals surface area contributed by atoms with Crippen LogP contribution < -0.4 is 11.1 Å². The Morgan fingerprint density at radius 3 is 3.00 bits per heavy atom. The zero-order valence-corrected chi connectivity index (χ0v) is 17.4. The van der Waals surface area contributed by atoms with Gasteiger partial charge in [0.1, 0.15) is 15.8 Å². The molecule has 3 heterocycles. The van der Waals surface area contributed by atoms with E-state index in [0.717, 1.165) is 11.1 Å². The van der Waals surface area contributed by atoms with Crippen LogP contribution in [0.1, 0.15) is 23.0 Å². The second-order valence-corrected chi connectivity index (χ2v) is 7.55. The Hall–Kier alpha value is -3.05. The number of nitrogens with two attached hydrogens (primary N) is 1. The first-order valence-electron chi connectivity index (χ1n) is 8.87. The Bertz CT molecular complexity index is 1200. The first kappa shape index (κ1) is 19.3. The average molecular weight is 459 g/mol. The number of nitrogens with zero attached hydrogens (tertiary/aromatic N) is 6. The minimum atomic E-state index is -0.238. The number of aryl methyl sites for hydroxylation is 1. The molecule has 0 spiro atoms. The number of anilines is 1. The molecule has 3 N–H and O–H groups in total. The third-order valence-corrected chi connectivity index (χ3v) is 4.83. The van der Waals surface area contributed by atoms with E-state index in [-0.39, 0.29) is 11.9 Å². The molecule has 0 fully saturated rings. The van der Waals surface area contributed by atoms with Crippen LogP contribution in [0.25, 0.3) is 16.7 Å². The fraction of sp³-hybridized carbons (Fsp3) is 0.278. The molecule has 0 radical (unpaired) electrons. The lowest BCUT2D eigenvalue weighted by molar-refractivity contribution is 0.0816. The Morgan fingerprint density at radius 1 is 1.34 bits per heavy atom. The summed E-state index contributed by atoms with van der Waals surface area (Å²) >= 11 is 3.30. The number of carbonyl (C=O) groups excluding carboxylic acids is 1. The smallest absolute Gasteiger partial charge is 0.270 e. The lowest BCUT2D eigenvalue weighted by Crippen LogP contribution is -2.36. The van der Waals surface area contributed by atoms with Gasteiger partial charge < -0.3 is 15.8 Å². The van der Waals surface area contributed by atoms with Crippen molar-refractivity contribution >= 4 is 44.2 Å². The summed E-state index contributed by atoms with van der Waals surface area (Å²) in [4.78, 5) is 20.9. The van der Waals surface area contributed by atoms with Crippen LogP contribution in [-0.2, 0) is 18.4 Å². The second kappa shape index (κ2) is 7.76. The minimum Gasteiger partial charge on any atom is -0.397 e. The zero-order valence-electron chi connectivity index (χ0n) is 15.8. The largest absolute Gasteiger partial charge is 0.397 e. The number of ether oxygens (including phenoxy) is 1. The van der Waals surface area contributed by atoms with Crippen molar-refractivity contribution in [3.8, 4) is 0 Å². The van der Waals surface area contributed by atoms with Gasteiger partial charge in [0.25, 0.3) is 5.91 Å². The van der Waals surface area contributed by atoms with E-state index in [9.17, 15) is 4.79 Å². The van der Waals surface area contributed by atoms with Crippen molar-refractivity contribution in [1.82, 2.24) is 34.7 Å². The fourth-order valence-electron chi connectivity index (χ4n) is 3.03. The van der Waals surface area contributed by atoms with E-state index in [4.69, 9.17) is 10.5 Å². The van der Waals surface area contributed by atoms with Gasteiger partial charge in [-0.1, -0.05) is 5.21 Å². The molecule has 1 amide bonds. The van der Waals surface area contributed by atoms with Crippen LogP contribution in [0.3, 0.4) is 0 Å². The molecule has 1 unspecified atom stereocenters. The number of hydrogen-bond acceptors (Lipinski definition) is 7. The van der Waals surface area contributed by atoms with Gasteiger partial charge in [-0.15, -0.1) is 5.10 Å². The monoisotopic (exact) mass is 458 g/mol. The third-order valence-electron chi connectivity index (χ3n) is 4.42. The topological polar surface area (TPSA) is 125 Å². The number of benzene rings is 1. The van der Waals surface area contributed by atoms with Gasteiger partial charge >= 0.3 is 0 Å². The summed E-state index contributed by atoms with van der Waals surface area (Å²) in [5.41, 5.74) is 10.1. The van der Waals surface area contributed by atoms with Gasteiger partial charge in [0.2, 0.25) is 0 Å². The number of nitrogens with one attached hydrogen (secondary N) is 1. The highest BCUT2D eigenvalue weighted by Crippen LogP contribution is 2.21. The third kappa shape index (κ3) is 3.91. The van der Waals surface area contributed by atoms with Crippen LogP contribution in [0.4, 0.5) is 5.69 Å².